The number of carbonyl (C=O) groups is 2. The predicted molar refractivity (Wildman–Crippen MR) is 114 cm³/mol. The number of halogens is 1. The number of nitrogens with one attached hydrogen (secondary N) is 1. The largest absolute Gasteiger partial charge is 0.376 e. The van der Waals surface area contributed by atoms with E-state index in [9.17, 15) is 9.59 Å². The summed E-state index contributed by atoms with van der Waals surface area (Å²) in [6.45, 7) is 5.07. The average Bonchev–Trinajstić information content (AvgIpc) is 3.18. The molecule has 0 saturated carbocycles. The number of amides is 2. The molecule has 1 aliphatic rings. The summed E-state index contributed by atoms with van der Waals surface area (Å²) >= 11 is 3.44. The molecule has 28 heavy (non-hydrogen) atoms. The Morgan fingerprint density at radius 2 is 1.96 bits per heavy atom. The van der Waals surface area contributed by atoms with Gasteiger partial charge < -0.3 is 15.0 Å². The van der Waals surface area contributed by atoms with Crippen LogP contribution >= 0.6 is 15.9 Å². The van der Waals surface area contributed by atoms with E-state index in [0.29, 0.717) is 23.2 Å². The zero-order chi connectivity index (χ0) is 20.1. The predicted octanol–water partition coefficient (Wildman–Crippen LogP) is 4.33. The Morgan fingerprint density at radius 3 is 2.68 bits per heavy atom. The number of rotatable bonds is 6. The van der Waals surface area contributed by atoms with Gasteiger partial charge in [0.05, 0.1) is 11.7 Å². The monoisotopic (exact) mass is 444 g/mol. The molecule has 1 fully saturated rings. The molecule has 0 spiro atoms. The number of aryl methyl sites for hydroxylation is 1. The third-order valence-corrected chi connectivity index (χ3v) is 5.74. The van der Waals surface area contributed by atoms with Crippen molar-refractivity contribution in [2.45, 2.75) is 32.8 Å². The molecule has 2 aromatic rings. The molecule has 6 heteroatoms. The lowest BCUT2D eigenvalue weighted by molar-refractivity contribution is -0.117. The SMILES string of the molecule is Cc1cccc(NC(=O)CN(CC2CCCO2)C(=O)c2ccccc2Br)c1C. The Bertz CT molecular complexity index is 863. The van der Waals surface area contributed by atoms with E-state index in [1.807, 2.05) is 50.2 Å². The van der Waals surface area contributed by atoms with Crippen LogP contribution < -0.4 is 5.32 Å². The molecule has 1 heterocycles. The van der Waals surface area contributed by atoms with Crippen molar-refractivity contribution in [3.8, 4) is 0 Å². The topological polar surface area (TPSA) is 58.6 Å². The highest BCUT2D eigenvalue weighted by molar-refractivity contribution is 9.10. The van der Waals surface area contributed by atoms with Crippen molar-refractivity contribution in [1.29, 1.82) is 0 Å². The first kappa shape index (κ1) is 20.6. The highest BCUT2D eigenvalue weighted by atomic mass is 79.9. The quantitative estimate of drug-likeness (QED) is 0.721. The van der Waals surface area contributed by atoms with Crippen molar-refractivity contribution < 1.29 is 14.3 Å². The smallest absolute Gasteiger partial charge is 0.255 e. The first-order valence-electron chi connectivity index (χ1n) is 9.47. The molecule has 1 N–H and O–H groups in total. The minimum atomic E-state index is -0.216. The summed E-state index contributed by atoms with van der Waals surface area (Å²) in [4.78, 5) is 27.4. The second-order valence-electron chi connectivity index (χ2n) is 7.10. The van der Waals surface area contributed by atoms with E-state index in [1.54, 1.807) is 11.0 Å². The number of hydrogen-bond acceptors (Lipinski definition) is 3. The zero-order valence-corrected chi connectivity index (χ0v) is 17.8. The van der Waals surface area contributed by atoms with E-state index in [1.165, 1.54) is 0 Å². The number of carbonyl (C=O) groups excluding carboxylic acids is 2. The van der Waals surface area contributed by atoms with E-state index in [0.717, 1.165) is 29.7 Å². The summed E-state index contributed by atoms with van der Waals surface area (Å²) in [5.74, 6) is -0.397. The molecule has 1 unspecified atom stereocenters. The molecule has 2 amide bonds. The van der Waals surface area contributed by atoms with Gasteiger partial charge in [0.25, 0.3) is 5.91 Å². The number of nitrogens with zero attached hydrogens (tertiary/aromatic N) is 1. The summed E-state index contributed by atoms with van der Waals surface area (Å²) in [6.07, 6.45) is 1.86. The molecule has 2 aromatic carbocycles. The van der Waals surface area contributed by atoms with Gasteiger partial charge in [-0.1, -0.05) is 24.3 Å². The van der Waals surface area contributed by atoms with Crippen LogP contribution in [0.5, 0.6) is 0 Å². The molecule has 3 rings (SSSR count). The van der Waals surface area contributed by atoms with E-state index in [2.05, 4.69) is 21.2 Å². The molecule has 5 nitrogen and oxygen atoms in total. The number of hydrogen-bond donors (Lipinski definition) is 1. The highest BCUT2D eigenvalue weighted by Crippen LogP contribution is 2.21. The van der Waals surface area contributed by atoms with E-state index in [-0.39, 0.29) is 24.5 Å². The van der Waals surface area contributed by atoms with Crippen LogP contribution in [0.15, 0.2) is 46.9 Å². The van der Waals surface area contributed by atoms with Crippen LogP contribution in [0, 0.1) is 13.8 Å². The maximum Gasteiger partial charge on any atom is 0.255 e. The Balaban J connectivity index is 1.76. The first-order chi connectivity index (χ1) is 13.5. The molecule has 0 radical (unpaired) electrons. The Morgan fingerprint density at radius 1 is 1.18 bits per heavy atom. The molecule has 148 valence electrons. The summed E-state index contributed by atoms with van der Waals surface area (Å²) in [6, 6.07) is 13.1. The molecular formula is C22H25BrN2O3. The Hall–Kier alpha value is -2.18. The Labute approximate surface area is 174 Å². The lowest BCUT2D eigenvalue weighted by Crippen LogP contribution is -2.42. The maximum atomic E-state index is 13.1. The molecule has 0 aliphatic carbocycles. The lowest BCUT2D eigenvalue weighted by Gasteiger charge is -2.25. The van der Waals surface area contributed by atoms with Crippen molar-refractivity contribution >= 4 is 33.4 Å². The minimum absolute atomic E-state index is 0.0204. The summed E-state index contributed by atoms with van der Waals surface area (Å²) in [5.41, 5.74) is 3.45. The minimum Gasteiger partial charge on any atom is -0.376 e. The fraction of sp³-hybridized carbons (Fsp3) is 0.364. The molecule has 1 atom stereocenters. The standard InChI is InChI=1S/C22H25BrN2O3/c1-15-7-5-11-20(16(15)2)24-21(26)14-25(13-17-8-6-12-28-17)22(27)18-9-3-4-10-19(18)23/h3-5,7,9-11,17H,6,8,12-14H2,1-2H3,(H,24,26). The third kappa shape index (κ3) is 5.00. The van der Waals surface area contributed by atoms with Crippen molar-refractivity contribution in [1.82, 2.24) is 4.90 Å². The first-order valence-corrected chi connectivity index (χ1v) is 10.3. The van der Waals surface area contributed by atoms with Crippen molar-refractivity contribution in [3.05, 3.63) is 63.6 Å². The van der Waals surface area contributed by atoms with Crippen LogP contribution in [0.25, 0.3) is 0 Å². The number of benzene rings is 2. The van der Waals surface area contributed by atoms with Crippen molar-refractivity contribution in [2.75, 3.05) is 25.0 Å². The van der Waals surface area contributed by atoms with Gasteiger partial charge in [-0.25, -0.2) is 0 Å². The van der Waals surface area contributed by atoms with Gasteiger partial charge in [0.2, 0.25) is 5.91 Å². The highest BCUT2D eigenvalue weighted by Gasteiger charge is 2.26. The van der Waals surface area contributed by atoms with Gasteiger partial charge in [0, 0.05) is 23.3 Å². The van der Waals surface area contributed by atoms with Gasteiger partial charge in [0.15, 0.2) is 0 Å². The van der Waals surface area contributed by atoms with Gasteiger partial charge in [0.1, 0.15) is 6.54 Å². The van der Waals surface area contributed by atoms with Crippen LogP contribution in [-0.4, -0.2) is 42.5 Å². The van der Waals surface area contributed by atoms with Crippen molar-refractivity contribution in [3.63, 3.8) is 0 Å². The van der Waals surface area contributed by atoms with Crippen LogP contribution in [0.3, 0.4) is 0 Å². The number of ether oxygens (including phenoxy) is 1. The summed E-state index contributed by atoms with van der Waals surface area (Å²) in [7, 11) is 0. The summed E-state index contributed by atoms with van der Waals surface area (Å²) in [5, 5.41) is 2.94. The fourth-order valence-corrected chi connectivity index (χ4v) is 3.76. The van der Waals surface area contributed by atoms with Crippen LogP contribution in [0.1, 0.15) is 34.3 Å². The number of anilines is 1. The van der Waals surface area contributed by atoms with E-state index >= 15 is 0 Å². The van der Waals surface area contributed by atoms with Crippen LogP contribution in [0.4, 0.5) is 5.69 Å². The van der Waals surface area contributed by atoms with E-state index < -0.39 is 0 Å². The van der Waals surface area contributed by atoms with Gasteiger partial charge in [-0.2, -0.15) is 0 Å². The Kier molecular flexibility index (Phi) is 6.86. The third-order valence-electron chi connectivity index (χ3n) is 5.05. The second-order valence-corrected chi connectivity index (χ2v) is 7.95. The van der Waals surface area contributed by atoms with Gasteiger partial charge >= 0.3 is 0 Å². The van der Waals surface area contributed by atoms with Gasteiger partial charge in [-0.15, -0.1) is 0 Å². The zero-order valence-electron chi connectivity index (χ0n) is 16.2. The molecule has 1 aliphatic heterocycles. The maximum absolute atomic E-state index is 13.1. The fourth-order valence-electron chi connectivity index (χ4n) is 3.31. The normalized spacial score (nSPS) is 16.0. The second kappa shape index (κ2) is 9.34. The van der Waals surface area contributed by atoms with E-state index in [4.69, 9.17) is 4.74 Å². The summed E-state index contributed by atoms with van der Waals surface area (Å²) < 4.78 is 6.41. The average molecular weight is 445 g/mol. The van der Waals surface area contributed by atoms with Crippen LogP contribution in [0.2, 0.25) is 0 Å². The van der Waals surface area contributed by atoms with Gasteiger partial charge in [-0.3, -0.25) is 9.59 Å². The van der Waals surface area contributed by atoms with Crippen molar-refractivity contribution in [2.24, 2.45) is 0 Å². The molecule has 0 bridgehead atoms. The molecule has 1 saturated heterocycles. The van der Waals surface area contributed by atoms with Crippen LogP contribution in [-0.2, 0) is 9.53 Å². The molecule has 0 aromatic heterocycles. The molecular weight excluding hydrogens is 420 g/mol. The lowest BCUT2D eigenvalue weighted by atomic mass is 10.1. The van der Waals surface area contributed by atoms with Gasteiger partial charge in [-0.05, 0) is 71.9 Å².